The lowest BCUT2D eigenvalue weighted by Gasteiger charge is -2.20. The molecule has 0 aromatic heterocycles. The molecule has 2 nitrogen and oxygen atoms in total. The Balaban J connectivity index is 3.44. The first-order chi connectivity index (χ1) is 7.35. The normalized spacial score (nSPS) is 11.2. The summed E-state index contributed by atoms with van der Waals surface area (Å²) in [6.07, 6.45) is 4.48. The van der Waals surface area contributed by atoms with Crippen LogP contribution in [0.4, 0.5) is 0 Å². The van der Waals surface area contributed by atoms with Crippen LogP contribution in [0.25, 0.3) is 0 Å². The van der Waals surface area contributed by atoms with Gasteiger partial charge in [-0.25, -0.2) is 0 Å². The van der Waals surface area contributed by atoms with Gasteiger partial charge in [-0.2, -0.15) is 0 Å². The Hall–Kier alpha value is 1.32. The molecule has 0 aromatic carbocycles. The Kier molecular flexibility index (Phi) is 14.6. The first kappa shape index (κ1) is 16.3. The zero-order chi connectivity index (χ0) is 11.4. The molecule has 0 aliphatic rings. The van der Waals surface area contributed by atoms with E-state index in [-0.39, 0.29) is 6.61 Å². The van der Waals surface area contributed by atoms with Crippen molar-refractivity contribution in [2.75, 3.05) is 44.0 Å². The van der Waals surface area contributed by atoms with Crippen molar-refractivity contribution in [1.82, 2.24) is 4.90 Å². The van der Waals surface area contributed by atoms with Crippen molar-refractivity contribution in [1.29, 1.82) is 0 Å². The van der Waals surface area contributed by atoms with Gasteiger partial charge < -0.3 is 10.0 Å². The minimum Gasteiger partial charge on any atom is -0.395 e. The van der Waals surface area contributed by atoms with Gasteiger partial charge in [0.2, 0.25) is 0 Å². The number of aliphatic hydroxyl groups excluding tert-OH is 1. The Morgan fingerprint density at radius 2 is 1.80 bits per heavy atom. The zero-order valence-electron chi connectivity index (χ0n) is 9.22. The van der Waals surface area contributed by atoms with Crippen molar-refractivity contribution < 1.29 is 5.11 Å². The third-order valence-electron chi connectivity index (χ3n) is 1.95. The number of aliphatic hydroxyl groups is 1. The Labute approximate surface area is 111 Å². The van der Waals surface area contributed by atoms with Crippen LogP contribution in [0.2, 0.25) is 0 Å². The first-order valence-electron chi connectivity index (χ1n) is 5.10. The molecule has 0 fully saturated rings. The van der Waals surface area contributed by atoms with E-state index in [1.54, 1.807) is 10.8 Å². The Morgan fingerprint density at radius 3 is 2.33 bits per heavy atom. The van der Waals surface area contributed by atoms with Gasteiger partial charge in [0.1, 0.15) is 0 Å². The van der Waals surface area contributed by atoms with E-state index in [2.05, 4.69) is 22.8 Å². The molecule has 1 N–H and O–H groups in total. The molecule has 0 atom stereocenters. The van der Waals surface area contributed by atoms with Crippen LogP contribution in [0, 0.1) is 0 Å². The molecule has 92 valence electrons. The second kappa shape index (κ2) is 13.4. The van der Waals surface area contributed by atoms with Crippen LogP contribution in [0.5, 0.6) is 0 Å². The molecule has 0 unspecified atom stereocenters. The van der Waals surface area contributed by atoms with Crippen molar-refractivity contribution >= 4 is 44.0 Å². The van der Waals surface area contributed by atoms with Crippen molar-refractivity contribution in [3.05, 3.63) is 0 Å². The van der Waals surface area contributed by atoms with Crippen LogP contribution in [-0.2, 0) is 0 Å². The fraction of sp³-hybridized carbons (Fsp3) is 1.00. The molecular weight excluding hydrogens is 266 g/mol. The highest BCUT2D eigenvalue weighted by molar-refractivity contribution is 8.76. The maximum absolute atomic E-state index is 8.92. The molecule has 0 saturated heterocycles. The molecular formula is C9H21NOS4. The SMILES string of the molecule is CSSCCCN(CCO)CCCSS. The standard InChI is InChI=1S/C9H21NOS4/c1-13-15-9-3-5-10(6-7-11)4-2-8-14-12/h11-12H,2-9H2,1H3. The molecule has 0 bridgehead atoms. The van der Waals surface area contributed by atoms with E-state index in [4.69, 9.17) is 5.11 Å². The van der Waals surface area contributed by atoms with Crippen molar-refractivity contribution in [2.45, 2.75) is 12.8 Å². The maximum atomic E-state index is 8.92. The van der Waals surface area contributed by atoms with Crippen LogP contribution in [-0.4, -0.2) is 54.0 Å². The first-order valence-corrected chi connectivity index (χ1v) is 9.86. The van der Waals surface area contributed by atoms with Crippen molar-refractivity contribution in [2.24, 2.45) is 0 Å². The predicted molar refractivity (Wildman–Crippen MR) is 80.2 cm³/mol. The van der Waals surface area contributed by atoms with E-state index < -0.39 is 0 Å². The summed E-state index contributed by atoms with van der Waals surface area (Å²) in [5.74, 6) is 2.29. The average Bonchev–Trinajstić information content (AvgIpc) is 2.24. The molecule has 0 aliphatic carbocycles. The van der Waals surface area contributed by atoms with Crippen molar-refractivity contribution in [3.63, 3.8) is 0 Å². The van der Waals surface area contributed by atoms with Crippen LogP contribution < -0.4 is 0 Å². The fourth-order valence-electron chi connectivity index (χ4n) is 1.26. The number of hydrogen-bond donors (Lipinski definition) is 2. The average molecular weight is 288 g/mol. The highest BCUT2D eigenvalue weighted by Crippen LogP contribution is 2.17. The Morgan fingerprint density at radius 1 is 1.13 bits per heavy atom. The summed E-state index contributed by atoms with van der Waals surface area (Å²) in [6, 6.07) is 0. The minimum atomic E-state index is 0.268. The lowest BCUT2D eigenvalue weighted by atomic mass is 10.3. The second-order valence-electron chi connectivity index (χ2n) is 3.09. The third kappa shape index (κ3) is 11.6. The van der Waals surface area contributed by atoms with Gasteiger partial charge in [0.15, 0.2) is 0 Å². The Bertz CT molecular complexity index is 129. The molecule has 15 heavy (non-hydrogen) atoms. The maximum Gasteiger partial charge on any atom is 0.0558 e. The van der Waals surface area contributed by atoms with Gasteiger partial charge in [0.25, 0.3) is 0 Å². The van der Waals surface area contributed by atoms with E-state index in [0.717, 1.165) is 31.8 Å². The van der Waals surface area contributed by atoms with Gasteiger partial charge in [-0.15, -0.1) is 11.7 Å². The summed E-state index contributed by atoms with van der Waals surface area (Å²) >= 11 is 4.12. The molecule has 0 amide bonds. The van der Waals surface area contributed by atoms with Crippen LogP contribution in [0.3, 0.4) is 0 Å². The summed E-state index contributed by atoms with van der Waals surface area (Å²) in [5, 5.41) is 8.92. The molecule has 0 aliphatic heterocycles. The van der Waals surface area contributed by atoms with Gasteiger partial charge in [-0.3, -0.25) is 0 Å². The molecule has 0 rings (SSSR count). The van der Waals surface area contributed by atoms with Gasteiger partial charge in [-0.05, 0) is 32.2 Å². The van der Waals surface area contributed by atoms with Gasteiger partial charge in [0, 0.05) is 18.1 Å². The molecule has 0 spiro atoms. The predicted octanol–water partition coefficient (Wildman–Crippen LogP) is 2.65. The third-order valence-corrected chi connectivity index (χ3v) is 4.86. The summed E-state index contributed by atoms with van der Waals surface area (Å²) < 4.78 is 0. The molecule has 0 radical (unpaired) electrons. The fourth-order valence-corrected chi connectivity index (χ4v) is 3.17. The zero-order valence-corrected chi connectivity index (χ0v) is 12.6. The quantitative estimate of drug-likeness (QED) is 0.346. The summed E-state index contributed by atoms with van der Waals surface area (Å²) in [4.78, 5) is 2.34. The molecule has 0 aromatic rings. The van der Waals surface area contributed by atoms with E-state index in [1.807, 2.05) is 21.6 Å². The lowest BCUT2D eigenvalue weighted by Crippen LogP contribution is -2.29. The monoisotopic (exact) mass is 287 g/mol. The number of rotatable bonds is 11. The highest BCUT2D eigenvalue weighted by Gasteiger charge is 2.03. The van der Waals surface area contributed by atoms with Crippen molar-refractivity contribution in [3.8, 4) is 0 Å². The van der Waals surface area contributed by atoms with E-state index in [9.17, 15) is 0 Å². The van der Waals surface area contributed by atoms with Gasteiger partial charge >= 0.3 is 0 Å². The lowest BCUT2D eigenvalue weighted by molar-refractivity contribution is 0.197. The minimum absolute atomic E-state index is 0.268. The topological polar surface area (TPSA) is 23.5 Å². The smallest absolute Gasteiger partial charge is 0.0558 e. The molecule has 0 heterocycles. The second-order valence-corrected chi connectivity index (χ2v) is 7.22. The van der Waals surface area contributed by atoms with Gasteiger partial charge in [0.05, 0.1) is 6.61 Å². The van der Waals surface area contributed by atoms with E-state index in [1.165, 1.54) is 12.2 Å². The van der Waals surface area contributed by atoms with E-state index >= 15 is 0 Å². The van der Waals surface area contributed by atoms with E-state index in [0.29, 0.717) is 0 Å². The molecule has 6 heteroatoms. The number of thiol groups is 1. The van der Waals surface area contributed by atoms with Crippen LogP contribution in [0.15, 0.2) is 0 Å². The molecule has 0 saturated carbocycles. The highest BCUT2D eigenvalue weighted by atomic mass is 33.1. The van der Waals surface area contributed by atoms with Crippen LogP contribution >= 0.6 is 44.0 Å². The summed E-state index contributed by atoms with van der Waals surface area (Å²) in [7, 11) is 5.32. The van der Waals surface area contributed by atoms with Gasteiger partial charge in [-0.1, -0.05) is 32.4 Å². The largest absolute Gasteiger partial charge is 0.395 e. The summed E-state index contributed by atoms with van der Waals surface area (Å²) in [5.41, 5.74) is 0. The van der Waals surface area contributed by atoms with Crippen LogP contribution in [0.1, 0.15) is 12.8 Å². The summed E-state index contributed by atoms with van der Waals surface area (Å²) in [6.45, 7) is 3.26. The number of hydrogen-bond acceptors (Lipinski definition) is 6. The number of nitrogens with zero attached hydrogens (tertiary/aromatic N) is 1.